The van der Waals surface area contributed by atoms with E-state index in [-0.39, 0.29) is 31.4 Å². The second-order valence-electron chi connectivity index (χ2n) is 8.40. The van der Waals surface area contributed by atoms with Gasteiger partial charge in [-0.3, -0.25) is 9.59 Å². The highest BCUT2D eigenvalue weighted by Crippen LogP contribution is 2.38. The quantitative estimate of drug-likeness (QED) is 0.647. The maximum absolute atomic E-state index is 13.5. The van der Waals surface area contributed by atoms with Crippen molar-refractivity contribution in [2.75, 3.05) is 26.7 Å². The summed E-state index contributed by atoms with van der Waals surface area (Å²) < 4.78 is 18.9. The molecule has 0 bridgehead atoms. The molecule has 2 aromatic rings. The Morgan fingerprint density at radius 1 is 1.24 bits per heavy atom. The highest BCUT2D eigenvalue weighted by Gasteiger charge is 2.53. The lowest BCUT2D eigenvalue weighted by Crippen LogP contribution is -2.59. The van der Waals surface area contributed by atoms with Crippen LogP contribution in [0.1, 0.15) is 12.0 Å². The fourth-order valence-electron chi connectivity index (χ4n) is 4.50. The number of carboxylic acid groups (broad SMARTS) is 1. The van der Waals surface area contributed by atoms with Crippen molar-refractivity contribution in [3.05, 3.63) is 66.0 Å². The molecule has 0 aliphatic carbocycles. The minimum Gasteiger partial charge on any atom is -0.491 e. The molecule has 2 unspecified atom stereocenters. The molecular formula is C24H25FN4O5. The Labute approximate surface area is 195 Å². The Bertz CT molecular complexity index is 1130. The molecule has 2 N–H and O–H groups in total. The van der Waals surface area contributed by atoms with E-state index in [1.807, 2.05) is 30.3 Å². The molecular weight excluding hydrogens is 443 g/mol. The lowest BCUT2D eigenvalue weighted by Gasteiger charge is -2.40. The van der Waals surface area contributed by atoms with Crippen LogP contribution in [0.2, 0.25) is 0 Å². The molecule has 9 nitrogen and oxygen atoms in total. The van der Waals surface area contributed by atoms with Gasteiger partial charge in [0.1, 0.15) is 29.6 Å². The van der Waals surface area contributed by atoms with Gasteiger partial charge < -0.3 is 20.1 Å². The smallest absolute Gasteiger partial charge is 0.405 e. The molecule has 0 aromatic heterocycles. The molecule has 34 heavy (non-hydrogen) atoms. The Hall–Kier alpha value is -3.95. The average molecular weight is 468 g/mol. The van der Waals surface area contributed by atoms with E-state index in [0.29, 0.717) is 18.6 Å². The number of halogens is 1. The molecule has 0 spiro atoms. The first-order valence-corrected chi connectivity index (χ1v) is 10.9. The third kappa shape index (κ3) is 4.70. The predicted octanol–water partition coefficient (Wildman–Crippen LogP) is 2.13. The van der Waals surface area contributed by atoms with Gasteiger partial charge in [0.25, 0.3) is 5.91 Å². The van der Waals surface area contributed by atoms with Gasteiger partial charge in [0, 0.05) is 32.6 Å². The molecule has 0 radical (unpaired) electrons. The molecule has 2 aromatic carbocycles. The largest absolute Gasteiger partial charge is 0.491 e. The van der Waals surface area contributed by atoms with Crippen molar-refractivity contribution >= 4 is 23.6 Å². The monoisotopic (exact) mass is 468 g/mol. The fourth-order valence-corrected chi connectivity index (χ4v) is 4.50. The van der Waals surface area contributed by atoms with Crippen molar-refractivity contribution in [1.29, 1.82) is 0 Å². The molecule has 1 fully saturated rings. The van der Waals surface area contributed by atoms with E-state index in [9.17, 15) is 23.9 Å². The van der Waals surface area contributed by atoms with Crippen molar-refractivity contribution < 1.29 is 28.6 Å². The first-order valence-electron chi connectivity index (χ1n) is 10.9. The van der Waals surface area contributed by atoms with E-state index >= 15 is 0 Å². The Balaban J connectivity index is 1.55. The number of amides is 3. The number of likely N-dealkylation sites (tertiary alicyclic amines) is 1. The third-order valence-electron chi connectivity index (χ3n) is 6.07. The van der Waals surface area contributed by atoms with E-state index < -0.39 is 29.3 Å². The van der Waals surface area contributed by atoms with Gasteiger partial charge in [0.05, 0.1) is 5.71 Å². The lowest BCUT2D eigenvalue weighted by molar-refractivity contribution is -0.141. The zero-order chi connectivity index (χ0) is 24.3. The van der Waals surface area contributed by atoms with Crippen LogP contribution in [0.25, 0.3) is 0 Å². The molecule has 10 heteroatoms. The minimum absolute atomic E-state index is 0.0699. The standard InChI is InChI=1S/C24H25FN4O5/c1-28-22(31)24(13-16-6-3-2-4-7-16)15-29(11-10-20(24)27-28)21(30)19(26-23(32)33)14-34-18-9-5-8-17(25)12-18/h2-9,12,19,26H,10-11,13-15H2,1H3,(H,32,33). The molecule has 178 valence electrons. The summed E-state index contributed by atoms with van der Waals surface area (Å²) in [6.07, 6.45) is -0.633. The van der Waals surface area contributed by atoms with Crippen LogP contribution in [0.4, 0.5) is 9.18 Å². The summed E-state index contributed by atoms with van der Waals surface area (Å²) >= 11 is 0. The zero-order valence-electron chi connectivity index (χ0n) is 18.6. The number of nitrogens with zero attached hydrogens (tertiary/aromatic N) is 3. The number of nitrogens with one attached hydrogen (secondary N) is 1. The maximum Gasteiger partial charge on any atom is 0.405 e. The average Bonchev–Trinajstić information content (AvgIpc) is 3.06. The van der Waals surface area contributed by atoms with Gasteiger partial charge >= 0.3 is 6.09 Å². The summed E-state index contributed by atoms with van der Waals surface area (Å²) in [6.45, 7) is 0.0269. The van der Waals surface area contributed by atoms with Crippen molar-refractivity contribution in [2.24, 2.45) is 10.5 Å². The van der Waals surface area contributed by atoms with Crippen LogP contribution >= 0.6 is 0 Å². The van der Waals surface area contributed by atoms with Gasteiger partial charge in [-0.25, -0.2) is 14.2 Å². The SMILES string of the molecule is CN1N=C2CCN(C(=O)C(COc3cccc(F)c3)NC(=O)O)CC2(Cc2ccccc2)C1=O. The van der Waals surface area contributed by atoms with Crippen LogP contribution < -0.4 is 10.1 Å². The summed E-state index contributed by atoms with van der Waals surface area (Å²) in [5.74, 6) is -1.07. The number of hydrogen-bond donors (Lipinski definition) is 2. The first-order chi connectivity index (χ1) is 16.3. The van der Waals surface area contributed by atoms with Crippen LogP contribution in [0.5, 0.6) is 5.75 Å². The van der Waals surface area contributed by atoms with E-state index in [1.165, 1.54) is 28.1 Å². The van der Waals surface area contributed by atoms with Gasteiger partial charge in [-0.15, -0.1) is 0 Å². The van der Waals surface area contributed by atoms with Crippen molar-refractivity contribution in [1.82, 2.24) is 15.2 Å². The molecule has 0 saturated carbocycles. The van der Waals surface area contributed by atoms with E-state index in [1.54, 1.807) is 7.05 Å². The number of piperidine rings is 1. The summed E-state index contributed by atoms with van der Waals surface area (Å²) in [4.78, 5) is 39.4. The number of ether oxygens (including phenoxy) is 1. The normalized spacial score (nSPS) is 20.4. The van der Waals surface area contributed by atoms with Gasteiger partial charge in [-0.05, 0) is 24.1 Å². The summed E-state index contributed by atoms with van der Waals surface area (Å²) in [5.41, 5.74) is 0.635. The van der Waals surface area contributed by atoms with Crippen LogP contribution in [-0.4, -0.2) is 71.4 Å². The number of carbonyl (C=O) groups excluding carboxylic acids is 2. The van der Waals surface area contributed by atoms with Crippen molar-refractivity contribution in [3.63, 3.8) is 0 Å². The summed E-state index contributed by atoms with van der Waals surface area (Å²) in [7, 11) is 1.59. The number of hydrazone groups is 1. The van der Waals surface area contributed by atoms with Crippen LogP contribution in [0, 0.1) is 11.2 Å². The molecule has 2 aliphatic heterocycles. The second-order valence-corrected chi connectivity index (χ2v) is 8.40. The van der Waals surface area contributed by atoms with Gasteiger partial charge in [-0.2, -0.15) is 5.10 Å². The summed E-state index contributed by atoms with van der Waals surface area (Å²) in [5, 5.41) is 17.2. The lowest BCUT2D eigenvalue weighted by atomic mass is 9.73. The topological polar surface area (TPSA) is 112 Å². The minimum atomic E-state index is -1.39. The molecule has 4 rings (SSSR count). The van der Waals surface area contributed by atoms with E-state index in [4.69, 9.17) is 4.74 Å². The fraction of sp³-hybridized carbons (Fsp3) is 0.333. The van der Waals surface area contributed by atoms with Crippen LogP contribution in [0.3, 0.4) is 0 Å². The van der Waals surface area contributed by atoms with E-state index in [2.05, 4.69) is 10.4 Å². The first kappa shape index (κ1) is 23.2. The van der Waals surface area contributed by atoms with E-state index in [0.717, 1.165) is 11.6 Å². The second kappa shape index (κ2) is 9.50. The number of hydrogen-bond acceptors (Lipinski definition) is 5. The molecule has 2 heterocycles. The van der Waals surface area contributed by atoms with Crippen LogP contribution in [-0.2, 0) is 16.0 Å². The van der Waals surface area contributed by atoms with Gasteiger partial charge in [0.2, 0.25) is 5.91 Å². The predicted molar refractivity (Wildman–Crippen MR) is 121 cm³/mol. The Morgan fingerprint density at radius 3 is 2.71 bits per heavy atom. The molecule has 3 amide bonds. The van der Waals surface area contributed by atoms with Crippen molar-refractivity contribution in [2.45, 2.75) is 18.9 Å². The molecule has 1 saturated heterocycles. The maximum atomic E-state index is 13.5. The highest BCUT2D eigenvalue weighted by molar-refractivity contribution is 6.13. The van der Waals surface area contributed by atoms with Gasteiger partial charge in [0.15, 0.2) is 0 Å². The molecule has 2 atom stereocenters. The number of carbonyl (C=O) groups is 3. The Morgan fingerprint density at radius 2 is 2.00 bits per heavy atom. The summed E-state index contributed by atoms with van der Waals surface area (Å²) in [6, 6.07) is 13.6. The number of fused-ring (bicyclic) bond motifs is 1. The number of benzene rings is 2. The van der Waals surface area contributed by atoms with Gasteiger partial charge in [-0.1, -0.05) is 36.4 Å². The van der Waals surface area contributed by atoms with Crippen molar-refractivity contribution in [3.8, 4) is 5.75 Å². The highest BCUT2D eigenvalue weighted by atomic mass is 19.1. The third-order valence-corrected chi connectivity index (χ3v) is 6.07. The molecule has 2 aliphatic rings. The van der Waals surface area contributed by atoms with Crippen LogP contribution in [0.15, 0.2) is 59.7 Å². The zero-order valence-corrected chi connectivity index (χ0v) is 18.6. The number of rotatable bonds is 7. The Kier molecular flexibility index (Phi) is 6.49.